The number of hydrogen-bond acceptors (Lipinski definition) is 6. The normalized spacial score (nSPS) is 14.3. The molecule has 5 rings (SSSR count). The molecule has 0 spiro atoms. The van der Waals surface area contributed by atoms with Crippen LogP contribution in [0.5, 0.6) is 0 Å². The standard InChI is InChI=1S/C23H24FN7O3S/c1-13-21(35(33,34)31-7-5-19-14(12-31)10-28-29-19)9-20(30(13)2)23(32)27-11-16-15-4-3-6-26-22(15)18(25)8-17(16)24/h3-4,6,8-10H,5,7,11-12,25H2,1-2H3,(H,27,32)(H,28,29). The second-order valence-corrected chi connectivity index (χ2v) is 10.4. The lowest BCUT2D eigenvalue weighted by atomic mass is 10.1. The Morgan fingerprint density at radius 1 is 1.34 bits per heavy atom. The summed E-state index contributed by atoms with van der Waals surface area (Å²) in [6.07, 6.45) is 3.72. The van der Waals surface area contributed by atoms with Gasteiger partial charge in [-0.05, 0) is 25.1 Å². The predicted molar refractivity (Wildman–Crippen MR) is 127 cm³/mol. The largest absolute Gasteiger partial charge is 0.397 e. The van der Waals surface area contributed by atoms with Crippen molar-refractivity contribution in [2.45, 2.75) is 31.3 Å². The predicted octanol–water partition coefficient (Wildman–Crippen LogP) is 2.00. The van der Waals surface area contributed by atoms with Crippen molar-refractivity contribution in [3.63, 3.8) is 0 Å². The summed E-state index contributed by atoms with van der Waals surface area (Å²) in [5.74, 6) is -1.08. The molecule has 0 fully saturated rings. The minimum atomic E-state index is -3.85. The number of amides is 1. The zero-order valence-electron chi connectivity index (χ0n) is 19.2. The Morgan fingerprint density at radius 3 is 2.94 bits per heavy atom. The van der Waals surface area contributed by atoms with Gasteiger partial charge in [0.2, 0.25) is 10.0 Å². The maximum atomic E-state index is 14.7. The van der Waals surface area contributed by atoms with E-state index in [4.69, 9.17) is 5.73 Å². The van der Waals surface area contributed by atoms with Crippen LogP contribution in [-0.2, 0) is 36.6 Å². The summed E-state index contributed by atoms with van der Waals surface area (Å²) in [5, 5.41) is 10.1. The van der Waals surface area contributed by atoms with Gasteiger partial charge in [-0.25, -0.2) is 12.8 Å². The molecule has 182 valence electrons. The number of carbonyl (C=O) groups is 1. The van der Waals surface area contributed by atoms with Gasteiger partial charge in [-0.2, -0.15) is 9.40 Å². The van der Waals surface area contributed by atoms with Crippen LogP contribution < -0.4 is 11.1 Å². The van der Waals surface area contributed by atoms with Crippen LogP contribution >= 0.6 is 0 Å². The molecule has 0 bridgehead atoms. The van der Waals surface area contributed by atoms with Crippen molar-refractivity contribution >= 4 is 32.5 Å². The van der Waals surface area contributed by atoms with Crippen molar-refractivity contribution in [2.24, 2.45) is 7.05 Å². The summed E-state index contributed by atoms with van der Waals surface area (Å²) < 4.78 is 44.4. The summed E-state index contributed by atoms with van der Waals surface area (Å²) in [6.45, 7) is 2.05. The van der Waals surface area contributed by atoms with E-state index in [0.717, 1.165) is 11.3 Å². The number of nitrogen functional groups attached to an aromatic ring is 1. The van der Waals surface area contributed by atoms with E-state index in [-0.39, 0.29) is 34.9 Å². The minimum absolute atomic E-state index is 0.0606. The molecule has 0 radical (unpaired) electrons. The molecule has 1 aromatic carbocycles. The van der Waals surface area contributed by atoms with Gasteiger partial charge >= 0.3 is 0 Å². The fourth-order valence-corrected chi connectivity index (χ4v) is 6.12. The number of H-pyrrole nitrogens is 1. The molecule has 0 unspecified atom stereocenters. The Labute approximate surface area is 201 Å². The van der Waals surface area contributed by atoms with Crippen LogP contribution in [0.4, 0.5) is 10.1 Å². The monoisotopic (exact) mass is 497 g/mol. The van der Waals surface area contributed by atoms with Gasteiger partial charge in [0.1, 0.15) is 16.4 Å². The van der Waals surface area contributed by atoms with E-state index >= 15 is 0 Å². The molecule has 4 heterocycles. The molecular formula is C23H24FN7O3S. The zero-order chi connectivity index (χ0) is 24.9. The summed E-state index contributed by atoms with van der Waals surface area (Å²) in [7, 11) is -2.23. The van der Waals surface area contributed by atoms with E-state index in [0.29, 0.717) is 29.6 Å². The maximum absolute atomic E-state index is 14.7. The van der Waals surface area contributed by atoms with Gasteiger partial charge < -0.3 is 15.6 Å². The third kappa shape index (κ3) is 3.84. The minimum Gasteiger partial charge on any atom is -0.397 e. The van der Waals surface area contributed by atoms with Gasteiger partial charge in [-0.1, -0.05) is 6.07 Å². The number of aromatic amines is 1. The molecule has 1 aliphatic rings. The van der Waals surface area contributed by atoms with E-state index in [1.165, 1.54) is 21.0 Å². The van der Waals surface area contributed by atoms with E-state index in [2.05, 4.69) is 20.5 Å². The molecule has 4 N–H and O–H groups in total. The number of nitrogens with one attached hydrogen (secondary N) is 2. The molecule has 1 aliphatic heterocycles. The van der Waals surface area contributed by atoms with Crippen LogP contribution in [0.15, 0.2) is 41.6 Å². The second-order valence-electron chi connectivity index (χ2n) is 8.51. The van der Waals surface area contributed by atoms with Crippen molar-refractivity contribution in [2.75, 3.05) is 12.3 Å². The number of pyridine rings is 1. The number of carbonyl (C=O) groups excluding carboxylic acids is 1. The average Bonchev–Trinajstić information content (AvgIpc) is 3.43. The van der Waals surface area contributed by atoms with Gasteiger partial charge in [-0.3, -0.25) is 14.9 Å². The molecule has 35 heavy (non-hydrogen) atoms. The number of halogens is 1. The lowest BCUT2D eigenvalue weighted by molar-refractivity contribution is 0.0942. The highest BCUT2D eigenvalue weighted by molar-refractivity contribution is 7.89. The molecule has 0 atom stereocenters. The summed E-state index contributed by atoms with van der Waals surface area (Å²) in [6, 6.07) is 5.89. The van der Waals surface area contributed by atoms with Crippen LogP contribution in [0.25, 0.3) is 10.9 Å². The Morgan fingerprint density at radius 2 is 2.14 bits per heavy atom. The molecule has 0 saturated carbocycles. The summed E-state index contributed by atoms with van der Waals surface area (Å²) in [4.78, 5) is 17.3. The molecule has 3 aromatic heterocycles. The van der Waals surface area contributed by atoms with Crippen LogP contribution in [0.1, 0.15) is 33.0 Å². The summed E-state index contributed by atoms with van der Waals surface area (Å²) in [5.41, 5.74) is 9.13. The van der Waals surface area contributed by atoms with Crippen LogP contribution in [0, 0.1) is 12.7 Å². The van der Waals surface area contributed by atoms with Gasteiger partial charge in [-0.15, -0.1) is 0 Å². The quantitative estimate of drug-likeness (QED) is 0.361. The number of anilines is 1. The highest BCUT2D eigenvalue weighted by Gasteiger charge is 2.33. The molecular weight excluding hydrogens is 473 g/mol. The van der Waals surface area contributed by atoms with Crippen LogP contribution in [0.3, 0.4) is 0 Å². The van der Waals surface area contributed by atoms with Gasteiger partial charge in [0.15, 0.2) is 0 Å². The third-order valence-electron chi connectivity index (χ3n) is 6.51. The topological polar surface area (TPSA) is 139 Å². The Hall–Kier alpha value is -3.77. The first-order valence-corrected chi connectivity index (χ1v) is 12.4. The van der Waals surface area contributed by atoms with Gasteiger partial charge in [0.25, 0.3) is 5.91 Å². The van der Waals surface area contributed by atoms with Crippen molar-refractivity contribution in [3.05, 3.63) is 70.7 Å². The van der Waals surface area contributed by atoms with E-state index in [9.17, 15) is 17.6 Å². The highest BCUT2D eigenvalue weighted by atomic mass is 32.2. The van der Waals surface area contributed by atoms with E-state index in [1.54, 1.807) is 38.5 Å². The number of hydrogen-bond donors (Lipinski definition) is 3. The van der Waals surface area contributed by atoms with Gasteiger partial charge in [0, 0.05) is 67.2 Å². The molecule has 0 aliphatic carbocycles. The smallest absolute Gasteiger partial charge is 0.268 e. The van der Waals surface area contributed by atoms with Crippen molar-refractivity contribution in [1.82, 2.24) is 29.4 Å². The number of fused-ring (bicyclic) bond motifs is 2. The fraction of sp³-hybridized carbons (Fsp3) is 0.261. The Balaban J connectivity index is 1.41. The number of nitrogens with two attached hydrogens (primary N) is 1. The van der Waals surface area contributed by atoms with E-state index in [1.807, 2.05) is 0 Å². The molecule has 4 aromatic rings. The van der Waals surface area contributed by atoms with Crippen LogP contribution in [-0.4, -0.2) is 44.9 Å². The van der Waals surface area contributed by atoms with E-state index < -0.39 is 21.7 Å². The van der Waals surface area contributed by atoms with Crippen molar-refractivity contribution in [1.29, 1.82) is 0 Å². The molecule has 1 amide bonds. The Kier molecular flexibility index (Phi) is 5.56. The van der Waals surface area contributed by atoms with Crippen molar-refractivity contribution < 1.29 is 17.6 Å². The number of sulfonamides is 1. The first-order valence-electron chi connectivity index (χ1n) is 11.0. The lowest BCUT2D eigenvalue weighted by Crippen LogP contribution is -2.35. The third-order valence-corrected chi connectivity index (χ3v) is 8.47. The molecule has 0 saturated heterocycles. The van der Waals surface area contributed by atoms with Crippen LogP contribution in [0.2, 0.25) is 0 Å². The number of nitrogens with zero attached hydrogens (tertiary/aromatic N) is 4. The lowest BCUT2D eigenvalue weighted by Gasteiger charge is -2.25. The number of rotatable bonds is 5. The number of benzene rings is 1. The highest BCUT2D eigenvalue weighted by Crippen LogP contribution is 2.28. The Bertz CT molecular complexity index is 1580. The first-order chi connectivity index (χ1) is 16.7. The molecule has 12 heteroatoms. The van der Waals surface area contributed by atoms with Crippen molar-refractivity contribution in [3.8, 4) is 0 Å². The SMILES string of the molecule is Cc1c(S(=O)(=O)N2CCc3[nH]ncc3C2)cc(C(=O)NCc2c(F)cc(N)c3ncccc23)n1C. The molecule has 10 nitrogen and oxygen atoms in total. The average molecular weight is 498 g/mol. The summed E-state index contributed by atoms with van der Waals surface area (Å²) >= 11 is 0. The zero-order valence-corrected chi connectivity index (χ0v) is 20.0. The fourth-order valence-electron chi connectivity index (χ4n) is 4.43. The second kappa shape index (κ2) is 8.47. The van der Waals surface area contributed by atoms with Gasteiger partial charge in [0.05, 0.1) is 17.4 Å². The number of aromatic nitrogens is 4. The maximum Gasteiger partial charge on any atom is 0.268 e. The first kappa shape index (κ1) is 23.0.